The lowest BCUT2D eigenvalue weighted by molar-refractivity contribution is -0.201. The van der Waals surface area contributed by atoms with E-state index in [9.17, 15) is 0 Å². The second-order valence-corrected chi connectivity index (χ2v) is 5.80. The zero-order valence-corrected chi connectivity index (χ0v) is 11.6. The summed E-state index contributed by atoms with van der Waals surface area (Å²) in [5.41, 5.74) is 3.01. The van der Waals surface area contributed by atoms with E-state index in [2.05, 4.69) is 32.1 Å². The molecular weight excluding hydrogens is 248 g/mol. The molecule has 100 valence electrons. The number of para-hydroxylation sites is 1. The van der Waals surface area contributed by atoms with Gasteiger partial charge in [-0.1, -0.05) is 42.5 Å². The molecule has 0 aliphatic carbocycles. The molecule has 2 aliphatic rings. The maximum Gasteiger partial charge on any atom is 0.258 e. The van der Waals surface area contributed by atoms with Crippen molar-refractivity contribution in [3.8, 4) is 5.75 Å². The summed E-state index contributed by atoms with van der Waals surface area (Å²) in [6.07, 6.45) is 4.10. The fourth-order valence-electron chi connectivity index (χ4n) is 3.11. The number of rotatable bonds is 0. The van der Waals surface area contributed by atoms with Crippen LogP contribution in [0.5, 0.6) is 5.75 Å². The molecule has 2 heteroatoms. The summed E-state index contributed by atoms with van der Waals surface area (Å²) in [7, 11) is 0. The van der Waals surface area contributed by atoms with Gasteiger partial charge in [-0.05, 0) is 37.6 Å². The second kappa shape index (κ2) is 3.74. The normalized spacial score (nSPS) is 25.1. The highest BCUT2D eigenvalue weighted by atomic mass is 16.7. The van der Waals surface area contributed by atoms with Gasteiger partial charge in [0.05, 0.1) is 5.60 Å². The van der Waals surface area contributed by atoms with E-state index >= 15 is 0 Å². The zero-order chi connectivity index (χ0) is 13.8. The fourth-order valence-corrected chi connectivity index (χ4v) is 3.11. The van der Waals surface area contributed by atoms with Gasteiger partial charge >= 0.3 is 0 Å². The number of fused-ring (bicyclic) bond motifs is 3. The third-order valence-corrected chi connectivity index (χ3v) is 4.02. The first kappa shape index (κ1) is 11.7. The Morgan fingerprint density at radius 2 is 1.55 bits per heavy atom. The van der Waals surface area contributed by atoms with E-state index in [0.717, 1.165) is 16.9 Å². The van der Waals surface area contributed by atoms with Crippen molar-refractivity contribution in [2.45, 2.75) is 25.2 Å². The van der Waals surface area contributed by atoms with Crippen LogP contribution in [0.2, 0.25) is 0 Å². The molecule has 0 amide bonds. The Hall–Kier alpha value is -2.06. The van der Waals surface area contributed by atoms with Crippen LogP contribution >= 0.6 is 0 Å². The van der Waals surface area contributed by atoms with Crippen molar-refractivity contribution < 1.29 is 9.47 Å². The van der Waals surface area contributed by atoms with Gasteiger partial charge in [0.25, 0.3) is 5.79 Å². The minimum absolute atomic E-state index is 0.354. The Labute approximate surface area is 118 Å². The van der Waals surface area contributed by atoms with Crippen LogP contribution in [-0.4, -0.2) is 0 Å². The van der Waals surface area contributed by atoms with Crippen molar-refractivity contribution in [2.75, 3.05) is 0 Å². The Morgan fingerprint density at radius 3 is 2.40 bits per heavy atom. The van der Waals surface area contributed by atoms with Crippen molar-refractivity contribution in [1.82, 2.24) is 0 Å². The summed E-state index contributed by atoms with van der Waals surface area (Å²) < 4.78 is 12.5. The smallest absolute Gasteiger partial charge is 0.258 e. The molecule has 2 aromatic rings. The highest BCUT2D eigenvalue weighted by molar-refractivity contribution is 5.62. The predicted octanol–water partition coefficient (Wildman–Crippen LogP) is 4.21. The number of benzene rings is 2. The molecule has 2 aliphatic heterocycles. The van der Waals surface area contributed by atoms with E-state index < -0.39 is 5.79 Å². The summed E-state index contributed by atoms with van der Waals surface area (Å²) in [6.45, 7) is 4.16. The molecule has 0 bridgehead atoms. The lowest BCUT2D eigenvalue weighted by Crippen LogP contribution is -2.34. The summed E-state index contributed by atoms with van der Waals surface area (Å²) in [5, 5.41) is 0. The third-order valence-electron chi connectivity index (χ3n) is 4.02. The monoisotopic (exact) mass is 264 g/mol. The number of ether oxygens (including phenoxy) is 2. The molecule has 0 N–H and O–H groups in total. The van der Waals surface area contributed by atoms with E-state index in [1.165, 1.54) is 5.56 Å². The first-order chi connectivity index (χ1) is 9.61. The molecule has 20 heavy (non-hydrogen) atoms. The summed E-state index contributed by atoms with van der Waals surface area (Å²) in [5.74, 6) is 0.0663. The van der Waals surface area contributed by atoms with Gasteiger partial charge in [-0.2, -0.15) is 0 Å². The molecule has 1 atom stereocenters. The fraction of sp³-hybridized carbons (Fsp3) is 0.222. The van der Waals surface area contributed by atoms with Crippen molar-refractivity contribution in [3.63, 3.8) is 0 Å². The third kappa shape index (κ3) is 1.49. The van der Waals surface area contributed by atoms with E-state index in [1.807, 2.05) is 42.5 Å². The van der Waals surface area contributed by atoms with E-state index in [-0.39, 0.29) is 5.60 Å². The lowest BCUT2D eigenvalue weighted by atomic mass is 9.92. The Bertz CT molecular complexity index is 715. The van der Waals surface area contributed by atoms with Crippen molar-refractivity contribution in [3.05, 3.63) is 71.3 Å². The van der Waals surface area contributed by atoms with Gasteiger partial charge in [-0.3, -0.25) is 0 Å². The van der Waals surface area contributed by atoms with E-state index in [0.29, 0.717) is 0 Å². The Morgan fingerprint density at radius 1 is 0.850 bits per heavy atom. The maximum atomic E-state index is 6.30. The summed E-state index contributed by atoms with van der Waals surface area (Å²) in [4.78, 5) is 0. The molecule has 2 aromatic carbocycles. The summed E-state index contributed by atoms with van der Waals surface area (Å²) in [6, 6.07) is 16.3. The maximum absolute atomic E-state index is 6.30. The molecule has 0 radical (unpaired) electrons. The molecule has 4 rings (SSSR count). The van der Waals surface area contributed by atoms with Gasteiger partial charge in [0.2, 0.25) is 0 Å². The van der Waals surface area contributed by atoms with Crippen LogP contribution in [0.25, 0.3) is 6.08 Å². The first-order valence-corrected chi connectivity index (χ1v) is 6.88. The topological polar surface area (TPSA) is 18.5 Å². The molecule has 2 heterocycles. The van der Waals surface area contributed by atoms with E-state index in [4.69, 9.17) is 9.47 Å². The molecule has 1 spiro atoms. The number of hydrogen-bond donors (Lipinski definition) is 0. The average Bonchev–Trinajstić information content (AvgIpc) is 2.67. The minimum Gasteiger partial charge on any atom is -0.454 e. The lowest BCUT2D eigenvalue weighted by Gasteiger charge is -2.33. The van der Waals surface area contributed by atoms with Gasteiger partial charge in [0, 0.05) is 11.1 Å². The van der Waals surface area contributed by atoms with E-state index in [1.54, 1.807) is 0 Å². The van der Waals surface area contributed by atoms with Crippen molar-refractivity contribution in [1.29, 1.82) is 0 Å². The van der Waals surface area contributed by atoms with Crippen LogP contribution in [0.4, 0.5) is 0 Å². The van der Waals surface area contributed by atoms with Crippen LogP contribution < -0.4 is 4.74 Å². The molecule has 0 fully saturated rings. The summed E-state index contributed by atoms with van der Waals surface area (Å²) >= 11 is 0. The van der Waals surface area contributed by atoms with Gasteiger partial charge in [-0.25, -0.2) is 0 Å². The van der Waals surface area contributed by atoms with Gasteiger partial charge in [0.15, 0.2) is 0 Å². The first-order valence-electron chi connectivity index (χ1n) is 6.88. The van der Waals surface area contributed by atoms with Crippen molar-refractivity contribution in [2.24, 2.45) is 0 Å². The van der Waals surface area contributed by atoms with Gasteiger partial charge < -0.3 is 9.47 Å². The SMILES string of the molecule is CC1(C)OC2(C=Cc3ccccc3O2)c2ccccc21. The number of hydrogen-bond acceptors (Lipinski definition) is 2. The highest BCUT2D eigenvalue weighted by Crippen LogP contribution is 2.50. The largest absolute Gasteiger partial charge is 0.454 e. The predicted molar refractivity (Wildman–Crippen MR) is 78.3 cm³/mol. The Balaban J connectivity index is 1.90. The molecule has 0 aromatic heterocycles. The van der Waals surface area contributed by atoms with Crippen LogP contribution in [0.15, 0.2) is 54.6 Å². The molecular formula is C18H16O2. The quantitative estimate of drug-likeness (QED) is 0.709. The minimum atomic E-state index is -0.797. The van der Waals surface area contributed by atoms with Crippen molar-refractivity contribution >= 4 is 6.08 Å². The zero-order valence-electron chi connectivity index (χ0n) is 11.6. The van der Waals surface area contributed by atoms with Crippen LogP contribution in [0, 0.1) is 0 Å². The highest BCUT2D eigenvalue weighted by Gasteiger charge is 2.50. The Kier molecular flexibility index (Phi) is 2.19. The molecule has 0 saturated heterocycles. The standard InChI is InChI=1S/C18H16O2/c1-17(2)14-8-4-5-9-15(14)18(20-17)12-11-13-7-3-6-10-16(13)19-18/h3-12H,1-2H3. The molecule has 1 unspecified atom stereocenters. The van der Waals surface area contributed by atoms with Crippen LogP contribution in [0.1, 0.15) is 30.5 Å². The van der Waals surface area contributed by atoms with Gasteiger partial charge in [-0.15, -0.1) is 0 Å². The van der Waals surface area contributed by atoms with Crippen LogP contribution in [0.3, 0.4) is 0 Å². The molecule has 2 nitrogen and oxygen atoms in total. The van der Waals surface area contributed by atoms with Gasteiger partial charge in [0.1, 0.15) is 5.75 Å². The molecule has 0 saturated carbocycles. The second-order valence-electron chi connectivity index (χ2n) is 5.80. The van der Waals surface area contributed by atoms with Crippen LogP contribution in [-0.2, 0) is 16.1 Å². The average molecular weight is 264 g/mol.